The highest BCUT2D eigenvalue weighted by atomic mass is 16.5. The molecule has 1 aromatic carbocycles. The van der Waals surface area contributed by atoms with E-state index in [1.807, 2.05) is 0 Å². The summed E-state index contributed by atoms with van der Waals surface area (Å²) in [6.45, 7) is 4.60. The standard InChI is InChI=1S/C17H21NO7/c1-4-24-14(20)8-10(2)15(17(22)23)18-16(21)12-6-5-7-13(9-12)25-11(3)19/h5-7,9-10,15H,4,8H2,1-3H3,(H,18,21)(H,22,23)/t10-,15+/m0/s1. The van der Waals surface area contributed by atoms with Gasteiger partial charge in [0.2, 0.25) is 0 Å². The third kappa shape index (κ3) is 6.62. The molecule has 0 saturated heterocycles. The van der Waals surface area contributed by atoms with Crippen LogP contribution in [0.2, 0.25) is 0 Å². The smallest absolute Gasteiger partial charge is 0.326 e. The fourth-order valence-corrected chi connectivity index (χ4v) is 2.14. The minimum atomic E-state index is -1.27. The maximum Gasteiger partial charge on any atom is 0.326 e. The molecule has 2 atom stereocenters. The molecule has 0 aliphatic carbocycles. The van der Waals surface area contributed by atoms with Gasteiger partial charge < -0.3 is 19.9 Å². The highest BCUT2D eigenvalue weighted by molar-refractivity contribution is 5.97. The molecule has 0 radical (unpaired) electrons. The predicted octanol–water partition coefficient (Wildman–Crippen LogP) is 1.38. The number of hydrogen-bond donors (Lipinski definition) is 2. The van der Waals surface area contributed by atoms with Crippen molar-refractivity contribution in [3.63, 3.8) is 0 Å². The van der Waals surface area contributed by atoms with Gasteiger partial charge in [-0.15, -0.1) is 0 Å². The van der Waals surface area contributed by atoms with Crippen LogP contribution in [0.3, 0.4) is 0 Å². The normalized spacial score (nSPS) is 12.6. The average molecular weight is 351 g/mol. The zero-order valence-electron chi connectivity index (χ0n) is 14.3. The van der Waals surface area contributed by atoms with Gasteiger partial charge >= 0.3 is 17.9 Å². The van der Waals surface area contributed by atoms with Crippen LogP contribution in [0, 0.1) is 5.92 Å². The van der Waals surface area contributed by atoms with Crippen molar-refractivity contribution in [2.24, 2.45) is 5.92 Å². The lowest BCUT2D eigenvalue weighted by molar-refractivity contribution is -0.146. The maximum absolute atomic E-state index is 12.3. The van der Waals surface area contributed by atoms with E-state index in [1.165, 1.54) is 38.1 Å². The van der Waals surface area contributed by atoms with Gasteiger partial charge in [-0.1, -0.05) is 13.0 Å². The number of amides is 1. The average Bonchev–Trinajstić information content (AvgIpc) is 2.51. The van der Waals surface area contributed by atoms with Crippen LogP contribution < -0.4 is 10.1 Å². The van der Waals surface area contributed by atoms with Crippen LogP contribution in [-0.2, 0) is 19.1 Å². The fourth-order valence-electron chi connectivity index (χ4n) is 2.14. The van der Waals surface area contributed by atoms with Crippen molar-refractivity contribution < 1.29 is 33.8 Å². The molecule has 0 aliphatic heterocycles. The summed E-state index contributed by atoms with van der Waals surface area (Å²) in [6, 6.07) is 4.51. The Bertz CT molecular complexity index is 656. The summed E-state index contributed by atoms with van der Waals surface area (Å²) in [4.78, 5) is 46.2. The summed E-state index contributed by atoms with van der Waals surface area (Å²) >= 11 is 0. The zero-order valence-corrected chi connectivity index (χ0v) is 14.3. The third-order valence-electron chi connectivity index (χ3n) is 3.27. The molecule has 1 amide bonds. The van der Waals surface area contributed by atoms with Crippen molar-refractivity contribution in [3.05, 3.63) is 29.8 Å². The van der Waals surface area contributed by atoms with E-state index in [4.69, 9.17) is 9.47 Å². The lowest BCUT2D eigenvalue weighted by atomic mass is 9.98. The third-order valence-corrected chi connectivity index (χ3v) is 3.27. The largest absolute Gasteiger partial charge is 0.480 e. The van der Waals surface area contributed by atoms with Gasteiger partial charge in [0, 0.05) is 12.5 Å². The first kappa shape index (κ1) is 20.1. The van der Waals surface area contributed by atoms with Crippen molar-refractivity contribution in [1.29, 1.82) is 0 Å². The molecule has 8 nitrogen and oxygen atoms in total. The molecule has 0 fully saturated rings. The summed E-state index contributed by atoms with van der Waals surface area (Å²) in [5.74, 6) is -3.49. The summed E-state index contributed by atoms with van der Waals surface area (Å²) in [6.07, 6.45) is -0.140. The van der Waals surface area contributed by atoms with Crippen molar-refractivity contribution in [2.45, 2.75) is 33.2 Å². The van der Waals surface area contributed by atoms with E-state index < -0.39 is 35.8 Å². The van der Waals surface area contributed by atoms with Gasteiger partial charge in [0.1, 0.15) is 11.8 Å². The minimum Gasteiger partial charge on any atom is -0.480 e. The highest BCUT2D eigenvalue weighted by Gasteiger charge is 2.29. The zero-order chi connectivity index (χ0) is 19.0. The lowest BCUT2D eigenvalue weighted by Crippen LogP contribution is -2.45. The van der Waals surface area contributed by atoms with Crippen LogP contribution in [0.5, 0.6) is 5.75 Å². The molecule has 0 heterocycles. The molecule has 0 unspecified atom stereocenters. The van der Waals surface area contributed by atoms with Gasteiger partial charge in [0.15, 0.2) is 0 Å². The Kier molecular flexibility index (Phi) is 7.58. The molecule has 136 valence electrons. The van der Waals surface area contributed by atoms with Crippen molar-refractivity contribution >= 4 is 23.8 Å². The maximum atomic E-state index is 12.3. The number of carboxylic acid groups (broad SMARTS) is 1. The molecule has 0 bridgehead atoms. The molecule has 25 heavy (non-hydrogen) atoms. The van der Waals surface area contributed by atoms with Gasteiger partial charge in [0.05, 0.1) is 13.0 Å². The summed E-state index contributed by atoms with van der Waals surface area (Å²) < 4.78 is 9.68. The highest BCUT2D eigenvalue weighted by Crippen LogP contribution is 2.15. The Morgan fingerprint density at radius 2 is 1.92 bits per heavy atom. The molecule has 0 aromatic heterocycles. The van der Waals surface area contributed by atoms with Gasteiger partial charge in [-0.25, -0.2) is 4.79 Å². The van der Waals surface area contributed by atoms with E-state index >= 15 is 0 Å². The number of esters is 2. The van der Waals surface area contributed by atoms with Crippen LogP contribution in [-0.4, -0.2) is 41.6 Å². The van der Waals surface area contributed by atoms with E-state index in [9.17, 15) is 24.3 Å². The van der Waals surface area contributed by atoms with Gasteiger partial charge in [-0.2, -0.15) is 0 Å². The topological polar surface area (TPSA) is 119 Å². The number of aliphatic carboxylic acids is 1. The van der Waals surface area contributed by atoms with Crippen LogP contribution in [0.1, 0.15) is 37.6 Å². The number of carboxylic acids is 1. The summed E-state index contributed by atoms with van der Waals surface area (Å²) in [5.41, 5.74) is 0.133. The Hall–Kier alpha value is -2.90. The van der Waals surface area contributed by atoms with Gasteiger partial charge in [-0.05, 0) is 31.0 Å². The van der Waals surface area contributed by atoms with Crippen LogP contribution in [0.4, 0.5) is 0 Å². The fraction of sp³-hybridized carbons (Fsp3) is 0.412. The van der Waals surface area contributed by atoms with Crippen molar-refractivity contribution in [3.8, 4) is 5.75 Å². The van der Waals surface area contributed by atoms with Crippen LogP contribution >= 0.6 is 0 Å². The number of rotatable bonds is 8. The minimum absolute atomic E-state index is 0.133. The Labute approximate surface area is 145 Å². The number of carbonyl (C=O) groups is 4. The van der Waals surface area contributed by atoms with Gasteiger partial charge in [0.25, 0.3) is 5.91 Å². The Balaban J connectivity index is 2.84. The first-order valence-electron chi connectivity index (χ1n) is 7.72. The number of hydrogen-bond acceptors (Lipinski definition) is 6. The van der Waals surface area contributed by atoms with Crippen molar-refractivity contribution in [2.75, 3.05) is 6.61 Å². The first-order valence-corrected chi connectivity index (χ1v) is 7.72. The molecule has 2 N–H and O–H groups in total. The number of carbonyl (C=O) groups excluding carboxylic acids is 3. The second kappa shape index (κ2) is 9.41. The van der Waals surface area contributed by atoms with Crippen LogP contribution in [0.15, 0.2) is 24.3 Å². The van der Waals surface area contributed by atoms with E-state index in [2.05, 4.69) is 5.32 Å². The number of benzene rings is 1. The van der Waals surface area contributed by atoms with Gasteiger partial charge in [-0.3, -0.25) is 14.4 Å². The molecule has 0 saturated carbocycles. The number of nitrogens with one attached hydrogen (secondary N) is 1. The Morgan fingerprint density at radius 1 is 1.24 bits per heavy atom. The monoisotopic (exact) mass is 351 g/mol. The second-order valence-electron chi connectivity index (χ2n) is 5.40. The quantitative estimate of drug-likeness (QED) is 0.536. The molecule has 1 aromatic rings. The van der Waals surface area contributed by atoms with E-state index in [1.54, 1.807) is 6.92 Å². The predicted molar refractivity (Wildman–Crippen MR) is 87.1 cm³/mol. The SMILES string of the molecule is CCOC(=O)C[C@H](C)[C@@H](NC(=O)c1cccc(OC(C)=O)c1)C(=O)O. The van der Waals surface area contributed by atoms with E-state index in [0.717, 1.165) is 0 Å². The van der Waals surface area contributed by atoms with E-state index in [-0.39, 0.29) is 24.3 Å². The summed E-state index contributed by atoms with van der Waals surface area (Å²) in [5, 5.41) is 11.7. The molecular weight excluding hydrogens is 330 g/mol. The Morgan fingerprint density at radius 3 is 2.48 bits per heavy atom. The molecular formula is C17H21NO7. The van der Waals surface area contributed by atoms with Crippen molar-refractivity contribution in [1.82, 2.24) is 5.32 Å². The lowest BCUT2D eigenvalue weighted by Gasteiger charge is -2.21. The van der Waals surface area contributed by atoms with Crippen LogP contribution in [0.25, 0.3) is 0 Å². The summed E-state index contributed by atoms with van der Waals surface area (Å²) in [7, 11) is 0. The molecule has 8 heteroatoms. The van der Waals surface area contributed by atoms with E-state index in [0.29, 0.717) is 0 Å². The molecule has 0 aliphatic rings. The second-order valence-corrected chi connectivity index (χ2v) is 5.40. The molecule has 0 spiro atoms. The first-order chi connectivity index (χ1) is 11.7. The number of ether oxygens (including phenoxy) is 2. The molecule has 1 rings (SSSR count).